The van der Waals surface area contributed by atoms with E-state index in [1.807, 2.05) is 18.2 Å². The Labute approximate surface area is 207 Å². The summed E-state index contributed by atoms with van der Waals surface area (Å²) < 4.78 is 0. The zero-order valence-corrected chi connectivity index (χ0v) is 21.4. The molecule has 0 atom stereocenters. The summed E-state index contributed by atoms with van der Waals surface area (Å²) in [5, 5.41) is 10.9. The first-order valence-electron chi connectivity index (χ1n) is 10.5. The Balaban J connectivity index is 0.000000337. The van der Waals surface area contributed by atoms with Gasteiger partial charge in [0.15, 0.2) is 5.78 Å². The molecule has 0 amide bonds. The molecule has 169 valence electrons. The van der Waals surface area contributed by atoms with Crippen LogP contribution in [0.3, 0.4) is 0 Å². The number of carbonyl (C=O) groups excluding carboxylic acids is 1. The van der Waals surface area contributed by atoms with E-state index in [2.05, 4.69) is 67.4 Å². The molecule has 1 radical (unpaired) electrons. The maximum Gasteiger partial charge on any atom is 0.155 e. The molecule has 1 aliphatic rings. The van der Waals surface area contributed by atoms with E-state index in [-0.39, 0.29) is 37.1 Å². The first-order valence-corrected chi connectivity index (χ1v) is 10.5. The van der Waals surface area contributed by atoms with Crippen molar-refractivity contribution in [3.05, 3.63) is 96.1 Å². The normalized spacial score (nSPS) is 13.3. The van der Waals surface area contributed by atoms with Crippen LogP contribution in [-0.4, -0.2) is 20.9 Å². The molecule has 0 unspecified atom stereocenters. The number of hydrogen-bond acceptors (Lipinski definition) is 4. The van der Waals surface area contributed by atoms with Gasteiger partial charge in [-0.05, 0) is 47.0 Å². The quantitative estimate of drug-likeness (QED) is 0.161. The van der Waals surface area contributed by atoms with Crippen molar-refractivity contribution in [2.24, 2.45) is 0 Å². The van der Waals surface area contributed by atoms with Gasteiger partial charge in [0, 0.05) is 31.6 Å². The van der Waals surface area contributed by atoms with Gasteiger partial charge in [-0.3, -0.25) is 9.78 Å². The fraction of sp³-hybridized carbons (Fsp3) is 0.179. The maximum atomic E-state index is 10.0. The Morgan fingerprint density at radius 1 is 0.970 bits per heavy atom. The molecule has 5 heteroatoms. The second-order valence-electron chi connectivity index (χ2n) is 8.45. The van der Waals surface area contributed by atoms with Crippen molar-refractivity contribution >= 4 is 16.6 Å². The molecule has 4 nitrogen and oxygen atoms in total. The molecule has 4 aromatic rings. The summed E-state index contributed by atoms with van der Waals surface area (Å²) in [6.07, 6.45) is 2.85. The van der Waals surface area contributed by atoms with Crippen LogP contribution >= 0.6 is 0 Å². The van der Waals surface area contributed by atoms with Gasteiger partial charge in [0.05, 0.1) is 11.5 Å². The molecule has 3 aromatic carbocycles. The van der Waals surface area contributed by atoms with Crippen molar-refractivity contribution in [3.63, 3.8) is 0 Å². The molecule has 1 heterocycles. The van der Waals surface area contributed by atoms with Gasteiger partial charge in [-0.25, -0.2) is 4.98 Å². The van der Waals surface area contributed by atoms with Crippen molar-refractivity contribution in [3.8, 4) is 22.4 Å². The average molecular weight is 614 g/mol. The minimum Gasteiger partial charge on any atom is -0.512 e. The van der Waals surface area contributed by atoms with Crippen LogP contribution in [0.25, 0.3) is 33.2 Å². The zero-order valence-electron chi connectivity index (χ0n) is 19.0. The SMILES string of the molecule is CC(=O)/C=C(/C)O.CC1(C)c2ccc3ccccc3c2-c2c(-c3[c-]cccc3)ncnc21.[Ir]. The first kappa shape index (κ1) is 24.5. The van der Waals surface area contributed by atoms with Crippen LogP contribution in [0, 0.1) is 6.07 Å². The molecule has 0 saturated carbocycles. The monoisotopic (exact) mass is 614 g/mol. The second kappa shape index (κ2) is 9.78. The van der Waals surface area contributed by atoms with E-state index in [0.29, 0.717) is 0 Å². The topological polar surface area (TPSA) is 63.1 Å². The number of aliphatic hydroxyl groups excluding tert-OH is 1. The van der Waals surface area contributed by atoms with Crippen molar-refractivity contribution < 1.29 is 30.0 Å². The van der Waals surface area contributed by atoms with Crippen LogP contribution < -0.4 is 0 Å². The number of fused-ring (bicyclic) bond motifs is 5. The van der Waals surface area contributed by atoms with Gasteiger partial charge in [-0.1, -0.05) is 50.2 Å². The third-order valence-corrected chi connectivity index (χ3v) is 5.67. The summed E-state index contributed by atoms with van der Waals surface area (Å²) in [6.45, 7) is 7.34. The van der Waals surface area contributed by atoms with Gasteiger partial charge >= 0.3 is 0 Å². The van der Waals surface area contributed by atoms with E-state index in [1.54, 1.807) is 6.33 Å². The number of benzene rings is 3. The first-order chi connectivity index (χ1) is 15.3. The molecule has 1 N–H and O–H groups in total. The maximum absolute atomic E-state index is 10.0. The molecule has 33 heavy (non-hydrogen) atoms. The molecular formula is C28H25IrN2O2-. The predicted octanol–water partition coefficient (Wildman–Crippen LogP) is 6.44. The van der Waals surface area contributed by atoms with Crippen LogP contribution in [0.2, 0.25) is 0 Å². The average Bonchev–Trinajstić information content (AvgIpc) is 3.01. The Morgan fingerprint density at radius 3 is 2.33 bits per heavy atom. The summed E-state index contributed by atoms with van der Waals surface area (Å²) >= 11 is 0. The van der Waals surface area contributed by atoms with Crippen LogP contribution in [0.1, 0.15) is 39.0 Å². The van der Waals surface area contributed by atoms with E-state index in [9.17, 15) is 4.79 Å². The minimum absolute atomic E-state index is 0. The van der Waals surface area contributed by atoms with Gasteiger partial charge in [0.25, 0.3) is 0 Å². The third-order valence-electron chi connectivity index (χ3n) is 5.67. The van der Waals surface area contributed by atoms with Crippen LogP contribution in [-0.2, 0) is 30.3 Å². The molecule has 0 aliphatic heterocycles. The Morgan fingerprint density at radius 2 is 1.70 bits per heavy atom. The van der Waals surface area contributed by atoms with Crippen molar-refractivity contribution in [1.82, 2.24) is 9.97 Å². The number of aliphatic hydroxyl groups is 1. The fourth-order valence-corrected chi connectivity index (χ4v) is 4.32. The largest absolute Gasteiger partial charge is 0.512 e. The smallest absolute Gasteiger partial charge is 0.155 e. The van der Waals surface area contributed by atoms with E-state index in [0.717, 1.165) is 22.5 Å². The van der Waals surface area contributed by atoms with Crippen LogP contribution in [0.4, 0.5) is 0 Å². The van der Waals surface area contributed by atoms with E-state index >= 15 is 0 Å². The molecule has 5 rings (SSSR count). The Bertz CT molecular complexity index is 1340. The summed E-state index contributed by atoms with van der Waals surface area (Å²) in [5.41, 5.74) is 6.68. The number of hydrogen-bond donors (Lipinski definition) is 1. The number of aromatic nitrogens is 2. The number of rotatable bonds is 2. The standard InChI is InChI=1S/C23H17N2.C5H8O2.Ir/c1-23(2)18-13-12-15-8-6-7-11-17(15)19(18)20-21(24-14-25-22(20)23)16-9-4-3-5-10-16;1-4(6)3-5(2)7;/h3-9,11-14H,1-2H3;3,6H,1-2H3;/q-1;;/b;4-3-;. The second-order valence-corrected chi connectivity index (χ2v) is 8.45. The summed E-state index contributed by atoms with van der Waals surface area (Å²) in [4.78, 5) is 19.4. The van der Waals surface area contributed by atoms with Gasteiger partial charge in [-0.15, -0.1) is 35.9 Å². The Hall–Kier alpha value is -3.14. The van der Waals surface area contributed by atoms with Gasteiger partial charge in [0.2, 0.25) is 0 Å². The molecule has 0 saturated heterocycles. The van der Waals surface area contributed by atoms with Gasteiger partial charge in [0.1, 0.15) is 6.33 Å². The van der Waals surface area contributed by atoms with E-state index < -0.39 is 0 Å². The summed E-state index contributed by atoms with van der Waals surface area (Å²) in [6, 6.07) is 24.4. The zero-order chi connectivity index (χ0) is 22.9. The van der Waals surface area contributed by atoms with Crippen LogP contribution in [0.15, 0.2) is 78.8 Å². The van der Waals surface area contributed by atoms with Crippen molar-refractivity contribution in [2.45, 2.75) is 33.1 Å². The Kier molecular flexibility index (Phi) is 7.26. The molecule has 1 aromatic heterocycles. The summed E-state index contributed by atoms with van der Waals surface area (Å²) in [7, 11) is 0. The predicted molar refractivity (Wildman–Crippen MR) is 128 cm³/mol. The molecular weight excluding hydrogens is 589 g/mol. The molecule has 0 fully saturated rings. The summed E-state index contributed by atoms with van der Waals surface area (Å²) in [5.74, 6) is -0.0625. The van der Waals surface area contributed by atoms with Gasteiger partial charge < -0.3 is 5.11 Å². The molecule has 0 bridgehead atoms. The number of allylic oxidation sites excluding steroid dienone is 2. The van der Waals surface area contributed by atoms with E-state index in [4.69, 9.17) is 10.1 Å². The fourth-order valence-electron chi connectivity index (χ4n) is 4.32. The van der Waals surface area contributed by atoms with E-state index in [1.165, 1.54) is 41.8 Å². The van der Waals surface area contributed by atoms with Crippen LogP contribution in [0.5, 0.6) is 0 Å². The number of carbonyl (C=O) groups is 1. The minimum atomic E-state index is -0.138. The van der Waals surface area contributed by atoms with Crippen molar-refractivity contribution in [1.29, 1.82) is 0 Å². The van der Waals surface area contributed by atoms with Crippen molar-refractivity contribution in [2.75, 3.05) is 0 Å². The molecule has 1 aliphatic carbocycles. The number of nitrogens with zero attached hydrogens (tertiary/aromatic N) is 2. The third kappa shape index (κ3) is 4.66. The van der Waals surface area contributed by atoms with Gasteiger partial charge in [-0.2, -0.15) is 0 Å². The number of ketones is 1. The molecule has 0 spiro atoms.